The highest BCUT2D eigenvalue weighted by Gasteiger charge is 2.23. The van der Waals surface area contributed by atoms with Crippen molar-refractivity contribution in [3.63, 3.8) is 0 Å². The van der Waals surface area contributed by atoms with Crippen molar-refractivity contribution in [1.29, 1.82) is 0 Å². The second-order valence-corrected chi connectivity index (χ2v) is 8.22. The fraction of sp³-hybridized carbons (Fsp3) is 0.571. The third-order valence-electron chi connectivity index (χ3n) is 3.17. The van der Waals surface area contributed by atoms with Gasteiger partial charge < -0.3 is 0 Å². The predicted molar refractivity (Wildman–Crippen MR) is 83.1 cm³/mol. The number of hydrogen-bond acceptors (Lipinski definition) is 2. The number of benzene rings is 1. The lowest BCUT2D eigenvalue weighted by Crippen LogP contribution is -2.34. The molecule has 0 radical (unpaired) electrons. The molecule has 3 nitrogen and oxygen atoms in total. The first-order valence-corrected chi connectivity index (χ1v) is 9.10. The number of aryl methyl sites for hydroxylation is 1. The SMILES string of the molecule is Cc1ccc(F)cc1S(=O)(=O)NCC(C)(C)CCCBr. The summed E-state index contributed by atoms with van der Waals surface area (Å²) in [4.78, 5) is 0.00814. The zero-order valence-electron chi connectivity index (χ0n) is 12.0. The molecule has 1 N–H and O–H groups in total. The van der Waals surface area contributed by atoms with Crippen LogP contribution in [0.15, 0.2) is 23.1 Å². The Bertz CT molecular complexity index is 558. The van der Waals surface area contributed by atoms with Crippen molar-refractivity contribution in [2.24, 2.45) is 5.41 Å². The minimum Gasteiger partial charge on any atom is -0.211 e. The lowest BCUT2D eigenvalue weighted by Gasteiger charge is -2.24. The van der Waals surface area contributed by atoms with Crippen LogP contribution in [-0.4, -0.2) is 20.3 Å². The highest BCUT2D eigenvalue weighted by molar-refractivity contribution is 9.09. The minimum absolute atomic E-state index is 0.00814. The van der Waals surface area contributed by atoms with E-state index in [1.807, 2.05) is 13.8 Å². The van der Waals surface area contributed by atoms with Crippen LogP contribution in [0.4, 0.5) is 4.39 Å². The first kappa shape index (κ1) is 17.6. The van der Waals surface area contributed by atoms with E-state index in [4.69, 9.17) is 0 Å². The maximum Gasteiger partial charge on any atom is 0.240 e. The van der Waals surface area contributed by atoms with Crippen LogP contribution in [0.3, 0.4) is 0 Å². The number of alkyl halides is 1. The Morgan fingerprint density at radius 2 is 2.00 bits per heavy atom. The number of halogens is 2. The minimum atomic E-state index is -3.67. The van der Waals surface area contributed by atoms with Gasteiger partial charge in [0, 0.05) is 11.9 Å². The van der Waals surface area contributed by atoms with E-state index in [2.05, 4.69) is 20.7 Å². The molecule has 1 rings (SSSR count). The molecule has 0 aliphatic heterocycles. The third-order valence-corrected chi connectivity index (χ3v) is 5.27. The van der Waals surface area contributed by atoms with E-state index in [1.165, 1.54) is 12.1 Å². The van der Waals surface area contributed by atoms with Crippen LogP contribution in [-0.2, 0) is 10.0 Å². The second kappa shape index (κ2) is 7.00. The van der Waals surface area contributed by atoms with E-state index in [0.29, 0.717) is 12.1 Å². The zero-order valence-corrected chi connectivity index (χ0v) is 14.4. The molecule has 0 aliphatic rings. The fourth-order valence-corrected chi connectivity index (χ4v) is 3.64. The molecule has 1 aromatic rings. The molecule has 0 aromatic heterocycles. The van der Waals surface area contributed by atoms with Gasteiger partial charge in [-0.15, -0.1) is 0 Å². The van der Waals surface area contributed by atoms with Crippen molar-refractivity contribution in [3.8, 4) is 0 Å². The lowest BCUT2D eigenvalue weighted by atomic mass is 9.88. The lowest BCUT2D eigenvalue weighted by molar-refractivity contribution is 0.332. The topological polar surface area (TPSA) is 46.2 Å². The van der Waals surface area contributed by atoms with Gasteiger partial charge in [0.15, 0.2) is 0 Å². The van der Waals surface area contributed by atoms with Crippen LogP contribution in [0.1, 0.15) is 32.3 Å². The molecule has 0 unspecified atom stereocenters. The quantitative estimate of drug-likeness (QED) is 0.750. The van der Waals surface area contributed by atoms with Crippen LogP contribution in [0.25, 0.3) is 0 Å². The number of hydrogen-bond donors (Lipinski definition) is 1. The van der Waals surface area contributed by atoms with E-state index in [0.717, 1.165) is 24.2 Å². The summed E-state index contributed by atoms with van der Waals surface area (Å²) in [5, 5.41) is 0.895. The van der Waals surface area contributed by atoms with Gasteiger partial charge in [-0.2, -0.15) is 0 Å². The monoisotopic (exact) mass is 365 g/mol. The summed E-state index contributed by atoms with van der Waals surface area (Å²) < 4.78 is 40.3. The maximum atomic E-state index is 13.2. The number of sulfonamides is 1. The van der Waals surface area contributed by atoms with Crippen molar-refractivity contribution in [2.75, 3.05) is 11.9 Å². The maximum absolute atomic E-state index is 13.2. The van der Waals surface area contributed by atoms with Crippen molar-refractivity contribution in [1.82, 2.24) is 4.72 Å². The molecule has 114 valence electrons. The van der Waals surface area contributed by atoms with Crippen LogP contribution >= 0.6 is 15.9 Å². The van der Waals surface area contributed by atoms with Gasteiger partial charge in [-0.1, -0.05) is 35.8 Å². The summed E-state index contributed by atoms with van der Waals surface area (Å²) in [5.41, 5.74) is 0.402. The van der Waals surface area contributed by atoms with Gasteiger partial charge in [-0.05, 0) is 42.9 Å². The molecule has 0 aliphatic carbocycles. The molecule has 6 heteroatoms. The normalized spacial score (nSPS) is 12.7. The van der Waals surface area contributed by atoms with Crippen molar-refractivity contribution in [2.45, 2.75) is 38.5 Å². The average molecular weight is 366 g/mol. The predicted octanol–water partition coefficient (Wildman–Crippen LogP) is 3.61. The summed E-state index contributed by atoms with van der Waals surface area (Å²) >= 11 is 3.37. The Labute approximate surface area is 129 Å². The second-order valence-electron chi connectivity index (χ2n) is 5.69. The Hall–Kier alpha value is -0.460. The molecule has 1 aromatic carbocycles. The van der Waals surface area contributed by atoms with Gasteiger partial charge in [0.2, 0.25) is 10.0 Å². The first-order chi connectivity index (χ1) is 9.18. The largest absolute Gasteiger partial charge is 0.240 e. The average Bonchev–Trinajstić information content (AvgIpc) is 2.37. The molecule has 0 bridgehead atoms. The molecular weight excluding hydrogens is 345 g/mol. The smallest absolute Gasteiger partial charge is 0.211 e. The summed E-state index contributed by atoms with van der Waals surface area (Å²) in [6, 6.07) is 3.79. The van der Waals surface area contributed by atoms with Gasteiger partial charge in [0.1, 0.15) is 5.82 Å². The summed E-state index contributed by atoms with van der Waals surface area (Å²) in [5.74, 6) is -0.547. The standard InChI is InChI=1S/C14H21BrFNO2S/c1-11-5-6-12(16)9-13(11)20(18,19)17-10-14(2,3)7-4-8-15/h5-6,9,17H,4,7-8,10H2,1-3H3. The molecule has 0 spiro atoms. The summed E-state index contributed by atoms with van der Waals surface area (Å²) in [6.07, 6.45) is 1.89. The number of nitrogens with one attached hydrogen (secondary N) is 1. The highest BCUT2D eigenvalue weighted by atomic mass is 79.9. The first-order valence-electron chi connectivity index (χ1n) is 6.50. The van der Waals surface area contributed by atoms with Crippen molar-refractivity contribution in [3.05, 3.63) is 29.6 Å². The Morgan fingerprint density at radius 1 is 1.35 bits per heavy atom. The van der Waals surface area contributed by atoms with Gasteiger partial charge in [-0.25, -0.2) is 17.5 Å². The van der Waals surface area contributed by atoms with E-state index in [9.17, 15) is 12.8 Å². The van der Waals surface area contributed by atoms with Gasteiger partial charge in [0.25, 0.3) is 0 Å². The van der Waals surface area contributed by atoms with E-state index in [1.54, 1.807) is 6.92 Å². The van der Waals surface area contributed by atoms with Crippen LogP contribution in [0.2, 0.25) is 0 Å². The van der Waals surface area contributed by atoms with E-state index in [-0.39, 0.29) is 10.3 Å². The van der Waals surface area contributed by atoms with Crippen LogP contribution in [0, 0.1) is 18.2 Å². The van der Waals surface area contributed by atoms with Crippen molar-refractivity contribution < 1.29 is 12.8 Å². The Balaban J connectivity index is 2.83. The zero-order chi connectivity index (χ0) is 15.4. The molecule has 0 heterocycles. The van der Waals surface area contributed by atoms with Crippen molar-refractivity contribution >= 4 is 26.0 Å². The third kappa shape index (κ3) is 5.14. The Morgan fingerprint density at radius 3 is 2.60 bits per heavy atom. The molecule has 0 atom stereocenters. The summed E-state index contributed by atoms with van der Waals surface area (Å²) in [6.45, 7) is 6.01. The fourth-order valence-electron chi connectivity index (χ4n) is 1.87. The molecule has 0 amide bonds. The number of rotatable bonds is 7. The highest BCUT2D eigenvalue weighted by Crippen LogP contribution is 2.23. The molecule has 0 saturated heterocycles. The Kier molecular flexibility index (Phi) is 6.16. The van der Waals surface area contributed by atoms with Crippen LogP contribution < -0.4 is 4.72 Å². The van der Waals surface area contributed by atoms with Crippen LogP contribution in [0.5, 0.6) is 0 Å². The molecule has 0 saturated carbocycles. The van der Waals surface area contributed by atoms with E-state index < -0.39 is 15.8 Å². The molecular formula is C14H21BrFNO2S. The molecule has 0 fully saturated rings. The van der Waals surface area contributed by atoms with E-state index >= 15 is 0 Å². The van der Waals surface area contributed by atoms with Gasteiger partial charge >= 0.3 is 0 Å². The molecule has 20 heavy (non-hydrogen) atoms. The van der Waals surface area contributed by atoms with Gasteiger partial charge in [0.05, 0.1) is 4.90 Å². The summed E-state index contributed by atoms with van der Waals surface area (Å²) in [7, 11) is -3.67. The van der Waals surface area contributed by atoms with Gasteiger partial charge in [-0.3, -0.25) is 0 Å².